The van der Waals surface area contributed by atoms with Gasteiger partial charge in [0.1, 0.15) is 18.2 Å². The molecule has 1 aliphatic rings. The van der Waals surface area contributed by atoms with Crippen molar-refractivity contribution in [2.24, 2.45) is 0 Å². The number of aryl methyl sites for hydroxylation is 1. The Morgan fingerprint density at radius 2 is 2.00 bits per heavy atom. The number of hydrogen-bond donors (Lipinski definition) is 2. The van der Waals surface area contributed by atoms with Crippen LogP contribution in [0.15, 0.2) is 54.6 Å². The number of hydrogen-bond acceptors (Lipinski definition) is 3. The Bertz CT molecular complexity index is 935. The van der Waals surface area contributed by atoms with Crippen LogP contribution in [-0.2, 0) is 9.59 Å². The summed E-state index contributed by atoms with van der Waals surface area (Å²) in [6.07, 6.45) is 2.80. The van der Waals surface area contributed by atoms with Crippen molar-refractivity contribution in [3.63, 3.8) is 0 Å². The molecular formula is C20H17FN2O3. The molecule has 0 saturated carbocycles. The lowest BCUT2D eigenvalue weighted by atomic mass is 10.0. The summed E-state index contributed by atoms with van der Waals surface area (Å²) in [5.74, 6) is -0.779. The molecule has 2 aromatic carbocycles. The lowest BCUT2D eigenvalue weighted by Gasteiger charge is -2.18. The third kappa shape index (κ3) is 3.80. The predicted octanol–water partition coefficient (Wildman–Crippen LogP) is 3.67. The maximum absolute atomic E-state index is 13.8. The standard InChI is InChI=1S/C20H17FN2O3/c1-3-19(24)23-17-10-15(5-6-16(17)21)22-20(25)14-9-13-8-12(2)4-7-18(13)26-11-14/h3-10H,1,11H2,2H3,(H,22,25)(H,23,24). The van der Waals surface area contributed by atoms with E-state index in [-0.39, 0.29) is 18.2 Å². The van der Waals surface area contributed by atoms with E-state index in [1.54, 1.807) is 6.08 Å². The molecule has 5 nitrogen and oxygen atoms in total. The van der Waals surface area contributed by atoms with E-state index in [1.165, 1.54) is 18.2 Å². The highest BCUT2D eigenvalue weighted by atomic mass is 19.1. The number of carbonyl (C=O) groups excluding carboxylic acids is 2. The average Bonchev–Trinajstić information content (AvgIpc) is 2.63. The van der Waals surface area contributed by atoms with Gasteiger partial charge in [-0.25, -0.2) is 4.39 Å². The van der Waals surface area contributed by atoms with E-state index in [1.807, 2.05) is 25.1 Å². The highest BCUT2D eigenvalue weighted by Gasteiger charge is 2.18. The number of halogens is 1. The van der Waals surface area contributed by atoms with Gasteiger partial charge >= 0.3 is 0 Å². The second kappa shape index (κ2) is 7.23. The fraction of sp³-hybridized carbons (Fsp3) is 0.100. The summed E-state index contributed by atoms with van der Waals surface area (Å²) in [6, 6.07) is 9.66. The van der Waals surface area contributed by atoms with Gasteiger partial charge in [0.15, 0.2) is 0 Å². The van der Waals surface area contributed by atoms with E-state index < -0.39 is 11.7 Å². The van der Waals surface area contributed by atoms with E-state index in [2.05, 4.69) is 17.2 Å². The third-order valence-corrected chi connectivity index (χ3v) is 3.84. The van der Waals surface area contributed by atoms with Crippen LogP contribution in [0.4, 0.5) is 15.8 Å². The maximum atomic E-state index is 13.8. The monoisotopic (exact) mass is 352 g/mol. The van der Waals surface area contributed by atoms with Crippen LogP contribution in [-0.4, -0.2) is 18.4 Å². The lowest BCUT2D eigenvalue weighted by molar-refractivity contribution is -0.113. The van der Waals surface area contributed by atoms with Crippen LogP contribution >= 0.6 is 0 Å². The number of carbonyl (C=O) groups is 2. The van der Waals surface area contributed by atoms with Gasteiger partial charge in [0.25, 0.3) is 5.91 Å². The second-order valence-electron chi connectivity index (χ2n) is 5.84. The number of benzene rings is 2. The minimum Gasteiger partial charge on any atom is -0.488 e. The van der Waals surface area contributed by atoms with Gasteiger partial charge in [-0.05, 0) is 49.4 Å². The smallest absolute Gasteiger partial charge is 0.255 e. The van der Waals surface area contributed by atoms with Gasteiger partial charge in [0.2, 0.25) is 5.91 Å². The molecular weight excluding hydrogens is 335 g/mol. The molecule has 0 atom stereocenters. The SMILES string of the molecule is C=CC(=O)Nc1cc(NC(=O)C2=Cc3cc(C)ccc3OC2)ccc1F. The van der Waals surface area contributed by atoms with Crippen molar-refractivity contribution in [2.75, 3.05) is 17.2 Å². The van der Waals surface area contributed by atoms with Crippen molar-refractivity contribution in [2.45, 2.75) is 6.92 Å². The molecule has 2 amide bonds. The first-order chi connectivity index (χ1) is 12.5. The van der Waals surface area contributed by atoms with Crippen molar-refractivity contribution >= 4 is 29.3 Å². The van der Waals surface area contributed by atoms with E-state index in [0.717, 1.165) is 23.0 Å². The van der Waals surface area contributed by atoms with E-state index in [4.69, 9.17) is 4.74 Å². The van der Waals surface area contributed by atoms with Gasteiger partial charge < -0.3 is 15.4 Å². The molecule has 2 N–H and O–H groups in total. The third-order valence-electron chi connectivity index (χ3n) is 3.84. The molecule has 2 aromatic rings. The van der Waals surface area contributed by atoms with Gasteiger partial charge in [-0.3, -0.25) is 9.59 Å². The van der Waals surface area contributed by atoms with Gasteiger partial charge in [-0.1, -0.05) is 18.2 Å². The maximum Gasteiger partial charge on any atom is 0.255 e. The van der Waals surface area contributed by atoms with Crippen molar-refractivity contribution < 1.29 is 18.7 Å². The first kappa shape index (κ1) is 17.4. The molecule has 0 aliphatic carbocycles. The fourth-order valence-corrected chi connectivity index (χ4v) is 2.52. The summed E-state index contributed by atoms with van der Waals surface area (Å²) in [4.78, 5) is 23.8. The van der Waals surface area contributed by atoms with Crippen molar-refractivity contribution in [3.05, 3.63) is 71.6 Å². The second-order valence-corrected chi connectivity index (χ2v) is 5.84. The first-order valence-electron chi connectivity index (χ1n) is 7.94. The van der Waals surface area contributed by atoms with Gasteiger partial charge in [-0.2, -0.15) is 0 Å². The summed E-state index contributed by atoms with van der Waals surface area (Å²) in [5.41, 5.74) is 2.66. The molecule has 0 aromatic heterocycles. The molecule has 0 unspecified atom stereocenters. The zero-order chi connectivity index (χ0) is 18.7. The molecule has 0 spiro atoms. The van der Waals surface area contributed by atoms with Crippen LogP contribution in [0.3, 0.4) is 0 Å². The number of rotatable bonds is 4. The number of amides is 2. The van der Waals surface area contributed by atoms with Crippen LogP contribution in [0.2, 0.25) is 0 Å². The average molecular weight is 352 g/mol. The van der Waals surface area contributed by atoms with Gasteiger partial charge in [-0.15, -0.1) is 0 Å². The van der Waals surface area contributed by atoms with E-state index in [9.17, 15) is 14.0 Å². The largest absolute Gasteiger partial charge is 0.488 e. The number of anilines is 2. The molecule has 0 bridgehead atoms. The number of fused-ring (bicyclic) bond motifs is 1. The molecule has 1 aliphatic heterocycles. The van der Waals surface area contributed by atoms with Crippen molar-refractivity contribution in [3.8, 4) is 5.75 Å². The Labute approximate surface area is 150 Å². The summed E-state index contributed by atoms with van der Waals surface area (Å²) >= 11 is 0. The van der Waals surface area contributed by atoms with Crippen molar-refractivity contribution in [1.29, 1.82) is 0 Å². The molecule has 3 rings (SSSR count). The number of nitrogens with one attached hydrogen (secondary N) is 2. The lowest BCUT2D eigenvalue weighted by Crippen LogP contribution is -2.21. The van der Waals surface area contributed by atoms with Crippen LogP contribution in [0.5, 0.6) is 5.75 Å². The Morgan fingerprint density at radius 3 is 2.77 bits per heavy atom. The van der Waals surface area contributed by atoms with E-state index >= 15 is 0 Å². The zero-order valence-electron chi connectivity index (χ0n) is 14.1. The molecule has 0 radical (unpaired) electrons. The van der Waals surface area contributed by atoms with Crippen LogP contribution in [0.25, 0.3) is 6.08 Å². The zero-order valence-corrected chi connectivity index (χ0v) is 14.1. The number of ether oxygens (including phenoxy) is 1. The summed E-state index contributed by atoms with van der Waals surface area (Å²) < 4.78 is 19.4. The molecule has 26 heavy (non-hydrogen) atoms. The van der Waals surface area contributed by atoms with Crippen LogP contribution in [0.1, 0.15) is 11.1 Å². The molecule has 0 fully saturated rings. The predicted molar refractivity (Wildman–Crippen MR) is 98.5 cm³/mol. The minimum atomic E-state index is -0.609. The Kier molecular flexibility index (Phi) is 4.84. The van der Waals surface area contributed by atoms with Gasteiger partial charge in [0, 0.05) is 11.3 Å². The van der Waals surface area contributed by atoms with Crippen LogP contribution < -0.4 is 15.4 Å². The first-order valence-corrected chi connectivity index (χ1v) is 7.94. The van der Waals surface area contributed by atoms with Crippen molar-refractivity contribution in [1.82, 2.24) is 0 Å². The van der Waals surface area contributed by atoms with Crippen LogP contribution in [0, 0.1) is 12.7 Å². The molecule has 0 saturated heterocycles. The highest BCUT2D eigenvalue weighted by Crippen LogP contribution is 2.28. The summed E-state index contributed by atoms with van der Waals surface area (Å²) in [6.45, 7) is 5.42. The summed E-state index contributed by atoms with van der Waals surface area (Å²) in [7, 11) is 0. The Morgan fingerprint density at radius 1 is 1.19 bits per heavy atom. The molecule has 1 heterocycles. The fourth-order valence-electron chi connectivity index (χ4n) is 2.52. The van der Waals surface area contributed by atoms with E-state index in [0.29, 0.717) is 11.3 Å². The Balaban J connectivity index is 1.79. The minimum absolute atomic E-state index is 0.0393. The van der Waals surface area contributed by atoms with Gasteiger partial charge in [0.05, 0.1) is 11.3 Å². The summed E-state index contributed by atoms with van der Waals surface area (Å²) in [5, 5.41) is 5.03. The highest BCUT2D eigenvalue weighted by molar-refractivity contribution is 6.08. The molecule has 6 heteroatoms. The quantitative estimate of drug-likeness (QED) is 0.825. The Hall–Kier alpha value is -3.41. The topological polar surface area (TPSA) is 67.4 Å². The normalized spacial score (nSPS) is 12.3. The molecule has 132 valence electrons.